The molecule has 1 saturated heterocycles. The van der Waals surface area contributed by atoms with Crippen molar-refractivity contribution in [1.82, 2.24) is 10.2 Å². The lowest BCUT2D eigenvalue weighted by Gasteiger charge is -2.33. The first-order valence-electron chi connectivity index (χ1n) is 6.88. The Hall–Kier alpha value is -0.220. The SMILES string of the molecule is CCC[C@@H](c1ccc(CC)o1)N1CCNCC1.Cl.Cl. The molecule has 1 atom stereocenters. The molecular weight excluding hydrogens is 283 g/mol. The van der Waals surface area contributed by atoms with Gasteiger partial charge >= 0.3 is 0 Å². The Bertz CT molecular complexity index is 338. The molecule has 0 aliphatic carbocycles. The van der Waals surface area contributed by atoms with Gasteiger partial charge in [-0.05, 0) is 18.6 Å². The quantitative estimate of drug-likeness (QED) is 0.903. The molecule has 2 rings (SSSR count). The second-order valence-corrected chi connectivity index (χ2v) is 4.75. The zero-order valence-electron chi connectivity index (χ0n) is 11.9. The van der Waals surface area contributed by atoms with Crippen LogP contribution in [-0.2, 0) is 6.42 Å². The third kappa shape index (κ3) is 4.99. The molecule has 112 valence electrons. The summed E-state index contributed by atoms with van der Waals surface area (Å²) >= 11 is 0. The Morgan fingerprint density at radius 3 is 2.42 bits per heavy atom. The second kappa shape index (κ2) is 9.65. The summed E-state index contributed by atoms with van der Waals surface area (Å²) in [7, 11) is 0. The molecule has 5 heteroatoms. The summed E-state index contributed by atoms with van der Waals surface area (Å²) in [6.07, 6.45) is 3.38. The van der Waals surface area contributed by atoms with Crippen molar-refractivity contribution in [2.45, 2.75) is 39.2 Å². The van der Waals surface area contributed by atoms with Gasteiger partial charge in [0.25, 0.3) is 0 Å². The van der Waals surface area contributed by atoms with E-state index in [2.05, 4.69) is 36.2 Å². The summed E-state index contributed by atoms with van der Waals surface area (Å²) in [5, 5.41) is 3.41. The first-order chi connectivity index (χ1) is 8.35. The molecule has 0 amide bonds. The Labute approximate surface area is 128 Å². The maximum absolute atomic E-state index is 5.94. The molecule has 1 N–H and O–H groups in total. The van der Waals surface area contributed by atoms with Crippen LogP contribution in [0, 0.1) is 0 Å². The molecule has 0 unspecified atom stereocenters. The van der Waals surface area contributed by atoms with E-state index in [0.717, 1.165) is 44.1 Å². The highest BCUT2D eigenvalue weighted by molar-refractivity contribution is 5.85. The van der Waals surface area contributed by atoms with Crippen molar-refractivity contribution in [2.75, 3.05) is 26.2 Å². The Kier molecular flexibility index (Phi) is 9.54. The van der Waals surface area contributed by atoms with Crippen molar-refractivity contribution in [3.63, 3.8) is 0 Å². The van der Waals surface area contributed by atoms with Gasteiger partial charge in [-0.1, -0.05) is 20.3 Å². The van der Waals surface area contributed by atoms with E-state index in [0.29, 0.717) is 6.04 Å². The van der Waals surface area contributed by atoms with E-state index in [1.54, 1.807) is 0 Å². The molecular formula is C14H26Cl2N2O. The molecule has 1 aromatic rings. The number of halogens is 2. The Morgan fingerprint density at radius 2 is 1.89 bits per heavy atom. The summed E-state index contributed by atoms with van der Waals surface area (Å²) in [4.78, 5) is 2.55. The van der Waals surface area contributed by atoms with Crippen molar-refractivity contribution >= 4 is 24.8 Å². The molecule has 2 heterocycles. The first-order valence-corrected chi connectivity index (χ1v) is 6.88. The fourth-order valence-electron chi connectivity index (χ4n) is 2.54. The minimum Gasteiger partial charge on any atom is -0.464 e. The normalized spacial score (nSPS) is 17.4. The van der Waals surface area contributed by atoms with E-state index in [1.807, 2.05) is 0 Å². The van der Waals surface area contributed by atoms with E-state index in [-0.39, 0.29) is 24.8 Å². The van der Waals surface area contributed by atoms with Gasteiger partial charge in [-0.3, -0.25) is 4.90 Å². The highest BCUT2D eigenvalue weighted by atomic mass is 35.5. The van der Waals surface area contributed by atoms with Gasteiger partial charge < -0.3 is 9.73 Å². The summed E-state index contributed by atoms with van der Waals surface area (Å²) in [6, 6.07) is 4.77. The van der Waals surface area contributed by atoms with Crippen molar-refractivity contribution < 1.29 is 4.42 Å². The highest BCUT2D eigenvalue weighted by Crippen LogP contribution is 2.27. The summed E-state index contributed by atoms with van der Waals surface area (Å²) in [5.41, 5.74) is 0. The topological polar surface area (TPSA) is 28.4 Å². The number of aryl methyl sites for hydroxylation is 1. The van der Waals surface area contributed by atoms with E-state index in [9.17, 15) is 0 Å². The smallest absolute Gasteiger partial charge is 0.121 e. The van der Waals surface area contributed by atoms with Gasteiger partial charge in [-0.15, -0.1) is 24.8 Å². The van der Waals surface area contributed by atoms with Gasteiger partial charge in [0.2, 0.25) is 0 Å². The first kappa shape index (κ1) is 18.8. The van der Waals surface area contributed by atoms with E-state index >= 15 is 0 Å². The monoisotopic (exact) mass is 308 g/mol. The van der Waals surface area contributed by atoms with Crippen LogP contribution in [0.3, 0.4) is 0 Å². The third-order valence-electron chi connectivity index (χ3n) is 3.51. The van der Waals surface area contributed by atoms with Crippen molar-refractivity contribution in [3.05, 3.63) is 23.7 Å². The molecule has 19 heavy (non-hydrogen) atoms. The lowest BCUT2D eigenvalue weighted by atomic mass is 10.1. The number of nitrogens with zero attached hydrogens (tertiary/aromatic N) is 1. The standard InChI is InChI=1S/C14H24N2O.2ClH/c1-3-5-13(16-10-8-15-9-11-16)14-7-6-12(4-2)17-14;;/h6-7,13,15H,3-5,8-11H2,1-2H3;2*1H/t13-;;/m0../s1. The maximum atomic E-state index is 5.94. The van der Waals surface area contributed by atoms with E-state index in [4.69, 9.17) is 4.42 Å². The van der Waals surface area contributed by atoms with Crippen molar-refractivity contribution in [3.8, 4) is 0 Å². The van der Waals surface area contributed by atoms with Gasteiger partial charge in [0.1, 0.15) is 11.5 Å². The molecule has 1 aliphatic heterocycles. The number of hydrogen-bond acceptors (Lipinski definition) is 3. The van der Waals surface area contributed by atoms with E-state index in [1.165, 1.54) is 12.8 Å². The summed E-state index contributed by atoms with van der Waals surface area (Å²) in [5.74, 6) is 2.27. The van der Waals surface area contributed by atoms with Crippen LogP contribution in [0.2, 0.25) is 0 Å². The predicted molar refractivity (Wildman–Crippen MR) is 84.7 cm³/mol. The Morgan fingerprint density at radius 1 is 1.21 bits per heavy atom. The van der Waals surface area contributed by atoms with Crippen LogP contribution in [0.5, 0.6) is 0 Å². The summed E-state index contributed by atoms with van der Waals surface area (Å²) in [6.45, 7) is 8.85. The predicted octanol–water partition coefficient (Wildman–Crippen LogP) is 3.43. The fraction of sp³-hybridized carbons (Fsp3) is 0.714. The Balaban J connectivity index is 0.00000162. The van der Waals surface area contributed by atoms with Crippen LogP contribution in [0.4, 0.5) is 0 Å². The zero-order valence-corrected chi connectivity index (χ0v) is 13.5. The lowest BCUT2D eigenvalue weighted by molar-refractivity contribution is 0.144. The van der Waals surface area contributed by atoms with Crippen LogP contribution < -0.4 is 5.32 Å². The van der Waals surface area contributed by atoms with Crippen LogP contribution in [0.25, 0.3) is 0 Å². The maximum Gasteiger partial charge on any atom is 0.121 e. The molecule has 0 spiro atoms. The van der Waals surface area contributed by atoms with Crippen LogP contribution in [0.1, 0.15) is 44.3 Å². The number of hydrogen-bond donors (Lipinski definition) is 1. The summed E-state index contributed by atoms with van der Waals surface area (Å²) < 4.78 is 5.94. The van der Waals surface area contributed by atoms with Crippen LogP contribution in [-0.4, -0.2) is 31.1 Å². The average molecular weight is 309 g/mol. The largest absolute Gasteiger partial charge is 0.464 e. The second-order valence-electron chi connectivity index (χ2n) is 4.75. The highest BCUT2D eigenvalue weighted by Gasteiger charge is 2.23. The van der Waals surface area contributed by atoms with Gasteiger partial charge in [-0.2, -0.15) is 0 Å². The minimum atomic E-state index is 0. The van der Waals surface area contributed by atoms with Crippen molar-refractivity contribution in [1.29, 1.82) is 0 Å². The average Bonchev–Trinajstić information content (AvgIpc) is 2.85. The lowest BCUT2D eigenvalue weighted by Crippen LogP contribution is -2.45. The molecule has 0 saturated carbocycles. The molecule has 1 fully saturated rings. The number of rotatable bonds is 5. The minimum absolute atomic E-state index is 0. The van der Waals surface area contributed by atoms with Gasteiger partial charge in [0, 0.05) is 32.6 Å². The zero-order chi connectivity index (χ0) is 12.1. The fourth-order valence-corrected chi connectivity index (χ4v) is 2.54. The molecule has 0 bridgehead atoms. The molecule has 1 aromatic heterocycles. The van der Waals surface area contributed by atoms with Crippen LogP contribution in [0.15, 0.2) is 16.5 Å². The third-order valence-corrected chi connectivity index (χ3v) is 3.51. The molecule has 3 nitrogen and oxygen atoms in total. The van der Waals surface area contributed by atoms with Crippen molar-refractivity contribution in [2.24, 2.45) is 0 Å². The number of furan rings is 1. The number of piperazine rings is 1. The molecule has 0 radical (unpaired) electrons. The van der Waals surface area contributed by atoms with Crippen LogP contribution >= 0.6 is 24.8 Å². The van der Waals surface area contributed by atoms with Gasteiger partial charge in [0.05, 0.1) is 6.04 Å². The van der Waals surface area contributed by atoms with E-state index < -0.39 is 0 Å². The van der Waals surface area contributed by atoms with Gasteiger partial charge in [-0.25, -0.2) is 0 Å². The molecule has 0 aromatic carbocycles. The number of nitrogens with one attached hydrogen (secondary N) is 1. The van der Waals surface area contributed by atoms with Gasteiger partial charge in [0.15, 0.2) is 0 Å². The molecule has 1 aliphatic rings.